The van der Waals surface area contributed by atoms with Gasteiger partial charge < -0.3 is 5.11 Å². The SMILES string of the molecule is Cc1ccc(S(=O)(=O)NC[C@@H]2C[C@H]2C(=O)O)c2ncccc12. The number of pyridine rings is 1. The summed E-state index contributed by atoms with van der Waals surface area (Å²) in [5, 5.41) is 9.65. The number of sulfonamides is 1. The van der Waals surface area contributed by atoms with Crippen molar-refractivity contribution in [2.75, 3.05) is 6.54 Å². The second-order valence-corrected chi connectivity index (χ2v) is 7.31. The first-order valence-corrected chi connectivity index (χ1v) is 8.45. The Hall–Kier alpha value is -1.99. The molecule has 0 aliphatic heterocycles. The summed E-state index contributed by atoms with van der Waals surface area (Å²) in [5.74, 6) is -1.43. The fourth-order valence-corrected chi connectivity index (χ4v) is 3.83. The molecule has 0 spiro atoms. The number of benzene rings is 1. The maximum Gasteiger partial charge on any atom is 0.306 e. The van der Waals surface area contributed by atoms with E-state index in [1.165, 1.54) is 6.07 Å². The van der Waals surface area contributed by atoms with Gasteiger partial charge in [-0.2, -0.15) is 0 Å². The molecule has 1 heterocycles. The number of nitrogens with zero attached hydrogens (tertiary/aromatic N) is 1. The standard InChI is InChI=1S/C15H16N2O4S/c1-9-4-5-13(14-11(9)3-2-6-16-14)22(20,21)17-8-10-7-12(10)15(18)19/h2-6,10,12,17H,7-8H2,1H3,(H,18,19)/t10-,12+/m0/s1. The van der Waals surface area contributed by atoms with Crippen molar-refractivity contribution in [3.8, 4) is 0 Å². The van der Waals surface area contributed by atoms with Crippen molar-refractivity contribution in [3.63, 3.8) is 0 Å². The third-order valence-electron chi connectivity index (χ3n) is 4.02. The van der Waals surface area contributed by atoms with Crippen LogP contribution in [-0.4, -0.2) is 31.0 Å². The molecule has 1 fully saturated rings. The summed E-state index contributed by atoms with van der Waals surface area (Å²) < 4.78 is 27.4. The molecule has 6 nitrogen and oxygen atoms in total. The molecule has 22 heavy (non-hydrogen) atoms. The number of aryl methyl sites for hydroxylation is 1. The summed E-state index contributed by atoms with van der Waals surface area (Å²) in [7, 11) is -3.71. The van der Waals surface area contributed by atoms with Crippen LogP contribution in [0.25, 0.3) is 10.9 Å². The summed E-state index contributed by atoms with van der Waals surface area (Å²) in [6.07, 6.45) is 2.08. The number of carboxylic acids is 1. The minimum Gasteiger partial charge on any atom is -0.481 e. The summed E-state index contributed by atoms with van der Waals surface area (Å²) >= 11 is 0. The van der Waals surface area contributed by atoms with E-state index in [9.17, 15) is 13.2 Å². The van der Waals surface area contributed by atoms with Crippen LogP contribution < -0.4 is 4.72 Å². The van der Waals surface area contributed by atoms with Crippen molar-refractivity contribution in [1.29, 1.82) is 0 Å². The molecule has 1 saturated carbocycles. The minimum absolute atomic E-state index is 0.126. The van der Waals surface area contributed by atoms with Crippen molar-refractivity contribution in [1.82, 2.24) is 9.71 Å². The Balaban J connectivity index is 1.87. The number of nitrogens with one attached hydrogen (secondary N) is 1. The first kappa shape index (κ1) is 14.9. The van der Waals surface area contributed by atoms with Crippen LogP contribution in [0.15, 0.2) is 35.4 Å². The fraction of sp³-hybridized carbons (Fsp3) is 0.333. The zero-order valence-electron chi connectivity index (χ0n) is 12.0. The van der Waals surface area contributed by atoms with Gasteiger partial charge in [-0.3, -0.25) is 9.78 Å². The van der Waals surface area contributed by atoms with Crippen LogP contribution in [0.3, 0.4) is 0 Å². The van der Waals surface area contributed by atoms with Crippen LogP contribution in [-0.2, 0) is 14.8 Å². The van der Waals surface area contributed by atoms with E-state index >= 15 is 0 Å². The monoisotopic (exact) mass is 320 g/mol. The van der Waals surface area contributed by atoms with Crippen LogP contribution in [0.1, 0.15) is 12.0 Å². The number of rotatable bonds is 5. The number of hydrogen-bond acceptors (Lipinski definition) is 4. The predicted molar refractivity (Wildman–Crippen MR) is 80.9 cm³/mol. The Morgan fingerprint density at radius 2 is 2.18 bits per heavy atom. The van der Waals surface area contributed by atoms with Crippen molar-refractivity contribution in [2.45, 2.75) is 18.2 Å². The molecule has 2 atom stereocenters. The Labute approximate surface area is 128 Å². The average molecular weight is 320 g/mol. The third-order valence-corrected chi connectivity index (χ3v) is 5.47. The molecule has 1 aliphatic carbocycles. The highest BCUT2D eigenvalue weighted by atomic mass is 32.2. The number of aromatic nitrogens is 1. The zero-order chi connectivity index (χ0) is 15.9. The van der Waals surface area contributed by atoms with Crippen LogP contribution in [0, 0.1) is 18.8 Å². The molecule has 0 bridgehead atoms. The van der Waals surface area contributed by atoms with E-state index in [4.69, 9.17) is 5.11 Å². The molecule has 116 valence electrons. The lowest BCUT2D eigenvalue weighted by Crippen LogP contribution is -2.27. The van der Waals surface area contributed by atoms with Crippen LogP contribution in [0.2, 0.25) is 0 Å². The van der Waals surface area contributed by atoms with Gasteiger partial charge in [-0.25, -0.2) is 13.1 Å². The molecule has 0 radical (unpaired) electrons. The molecular weight excluding hydrogens is 304 g/mol. The molecule has 2 aromatic rings. The van der Waals surface area contributed by atoms with Crippen LogP contribution in [0.5, 0.6) is 0 Å². The molecule has 7 heteroatoms. The van der Waals surface area contributed by atoms with Gasteiger partial charge in [0.2, 0.25) is 10.0 Å². The van der Waals surface area contributed by atoms with Crippen molar-refractivity contribution >= 4 is 26.9 Å². The largest absolute Gasteiger partial charge is 0.481 e. The van der Waals surface area contributed by atoms with Gasteiger partial charge >= 0.3 is 5.97 Å². The highest BCUT2D eigenvalue weighted by Gasteiger charge is 2.43. The van der Waals surface area contributed by atoms with Gasteiger partial charge in [0.1, 0.15) is 4.90 Å². The van der Waals surface area contributed by atoms with Gasteiger partial charge in [0.25, 0.3) is 0 Å². The lowest BCUT2D eigenvalue weighted by molar-refractivity contribution is -0.138. The maximum atomic E-state index is 12.5. The molecule has 0 amide bonds. The summed E-state index contributed by atoms with van der Waals surface area (Å²) in [6, 6.07) is 6.88. The van der Waals surface area contributed by atoms with Gasteiger partial charge in [0.05, 0.1) is 11.4 Å². The highest BCUT2D eigenvalue weighted by molar-refractivity contribution is 7.89. The Bertz CT molecular complexity index is 848. The van der Waals surface area contributed by atoms with Crippen LogP contribution >= 0.6 is 0 Å². The summed E-state index contributed by atoms with van der Waals surface area (Å²) in [6.45, 7) is 2.04. The molecule has 0 unspecified atom stereocenters. The van der Waals surface area contributed by atoms with Crippen LogP contribution in [0.4, 0.5) is 0 Å². The molecule has 2 N–H and O–H groups in total. The van der Waals surface area contributed by atoms with E-state index in [1.54, 1.807) is 18.3 Å². The van der Waals surface area contributed by atoms with Gasteiger partial charge in [0, 0.05) is 18.1 Å². The first-order chi connectivity index (χ1) is 10.4. The van der Waals surface area contributed by atoms with E-state index in [-0.39, 0.29) is 17.4 Å². The van der Waals surface area contributed by atoms with Gasteiger partial charge in [-0.05, 0) is 37.0 Å². The highest BCUT2D eigenvalue weighted by Crippen LogP contribution is 2.38. The summed E-state index contributed by atoms with van der Waals surface area (Å²) in [4.78, 5) is 15.1. The number of fused-ring (bicyclic) bond motifs is 1. The van der Waals surface area contributed by atoms with Gasteiger partial charge in [-0.15, -0.1) is 0 Å². The fourth-order valence-electron chi connectivity index (χ4n) is 2.58. The Morgan fingerprint density at radius 3 is 2.86 bits per heavy atom. The third kappa shape index (κ3) is 2.69. The number of carboxylic acid groups (broad SMARTS) is 1. The molecule has 1 aromatic carbocycles. The van der Waals surface area contributed by atoms with Gasteiger partial charge in [-0.1, -0.05) is 12.1 Å². The second kappa shape index (κ2) is 5.33. The van der Waals surface area contributed by atoms with Crippen molar-refractivity contribution < 1.29 is 18.3 Å². The lowest BCUT2D eigenvalue weighted by atomic mass is 10.1. The van der Waals surface area contributed by atoms with Gasteiger partial charge in [0.15, 0.2) is 0 Å². The van der Waals surface area contributed by atoms with Crippen molar-refractivity contribution in [3.05, 3.63) is 36.0 Å². The average Bonchev–Trinajstić information content (AvgIpc) is 3.25. The van der Waals surface area contributed by atoms with E-state index < -0.39 is 21.9 Å². The lowest BCUT2D eigenvalue weighted by Gasteiger charge is -2.10. The number of carbonyl (C=O) groups is 1. The van der Waals surface area contributed by atoms with E-state index in [2.05, 4.69) is 9.71 Å². The number of aliphatic carboxylic acids is 1. The molecule has 1 aromatic heterocycles. The normalized spacial score (nSPS) is 21.0. The minimum atomic E-state index is -3.71. The van der Waals surface area contributed by atoms with E-state index in [0.717, 1.165) is 10.9 Å². The zero-order valence-corrected chi connectivity index (χ0v) is 12.8. The predicted octanol–water partition coefficient (Wildman–Crippen LogP) is 1.54. The second-order valence-electron chi connectivity index (χ2n) is 5.57. The quantitative estimate of drug-likeness (QED) is 0.871. The summed E-state index contributed by atoms with van der Waals surface area (Å²) in [5.41, 5.74) is 1.38. The Kier molecular flexibility index (Phi) is 3.62. The molecule has 1 aliphatic rings. The molecule has 0 saturated heterocycles. The van der Waals surface area contributed by atoms with E-state index in [1.807, 2.05) is 13.0 Å². The number of hydrogen-bond donors (Lipinski definition) is 2. The maximum absolute atomic E-state index is 12.5. The Morgan fingerprint density at radius 1 is 1.41 bits per heavy atom. The first-order valence-electron chi connectivity index (χ1n) is 6.97. The topological polar surface area (TPSA) is 96.4 Å². The van der Waals surface area contributed by atoms with E-state index in [0.29, 0.717) is 11.9 Å². The molecular formula is C15H16N2O4S. The smallest absolute Gasteiger partial charge is 0.306 e. The van der Waals surface area contributed by atoms with Crippen molar-refractivity contribution in [2.24, 2.45) is 11.8 Å². The molecule has 3 rings (SSSR count).